The van der Waals surface area contributed by atoms with Crippen LogP contribution in [-0.4, -0.2) is 124 Å². The van der Waals surface area contributed by atoms with Crippen LogP contribution in [-0.2, 0) is 31.7 Å². The molecule has 42 heavy (non-hydrogen) atoms. The van der Waals surface area contributed by atoms with Crippen molar-refractivity contribution in [3.05, 3.63) is 11.6 Å². The number of piperazine rings is 1. The molecule has 0 saturated carbocycles. The van der Waals surface area contributed by atoms with E-state index in [0.29, 0.717) is 26.2 Å². The third-order valence-corrected chi connectivity index (χ3v) is 9.60. The highest BCUT2D eigenvalue weighted by Gasteiger charge is 2.52. The molecule has 3 saturated heterocycles. The minimum Gasteiger partial charge on any atom is -0.343 e. The van der Waals surface area contributed by atoms with E-state index < -0.39 is 0 Å². The van der Waals surface area contributed by atoms with Crippen molar-refractivity contribution in [3.63, 3.8) is 0 Å². The number of tetrazole rings is 2. The van der Waals surface area contributed by atoms with Crippen LogP contribution in [0.1, 0.15) is 92.7 Å². The molecule has 0 bridgehead atoms. The van der Waals surface area contributed by atoms with Gasteiger partial charge >= 0.3 is 0 Å². The van der Waals surface area contributed by atoms with Gasteiger partial charge in [0.05, 0.1) is 22.2 Å². The molecule has 5 rings (SSSR count). The fourth-order valence-corrected chi connectivity index (χ4v) is 7.17. The Labute approximate surface area is 248 Å². The number of hydrogen-bond acceptors (Lipinski definition) is 10. The Kier molecular flexibility index (Phi) is 7.92. The van der Waals surface area contributed by atoms with Gasteiger partial charge in [0.1, 0.15) is 0 Å². The van der Waals surface area contributed by atoms with Crippen molar-refractivity contribution in [1.82, 2.24) is 60.0 Å². The van der Waals surface area contributed by atoms with Crippen molar-refractivity contribution in [2.45, 2.75) is 103 Å². The maximum Gasteiger partial charge on any atom is 0.219 e. The first-order chi connectivity index (χ1) is 19.7. The minimum atomic E-state index is -0.368. The molecule has 14 heteroatoms. The maximum atomic E-state index is 12.2. The minimum absolute atomic E-state index is 0.110. The molecule has 5 heterocycles. The maximum absolute atomic E-state index is 12.2. The van der Waals surface area contributed by atoms with Gasteiger partial charge in [-0.2, -0.15) is 0 Å². The molecule has 2 aromatic heterocycles. The zero-order valence-electron chi connectivity index (χ0n) is 26.7. The van der Waals surface area contributed by atoms with E-state index in [1.807, 2.05) is 19.2 Å². The van der Waals surface area contributed by atoms with Crippen molar-refractivity contribution >= 4 is 11.8 Å². The molecular formula is C28H48N12O2. The first-order valence-corrected chi connectivity index (χ1v) is 15.3. The molecule has 232 valence electrons. The summed E-state index contributed by atoms with van der Waals surface area (Å²) in [5.74, 6) is 1.99. The molecule has 0 atom stereocenters. The average Bonchev–Trinajstić information content (AvgIpc) is 3.64. The van der Waals surface area contributed by atoms with Crippen LogP contribution in [0.15, 0.2) is 0 Å². The Balaban J connectivity index is 1.46. The Morgan fingerprint density at radius 2 is 0.881 bits per heavy atom. The Morgan fingerprint density at radius 1 is 0.571 bits per heavy atom. The van der Waals surface area contributed by atoms with Crippen molar-refractivity contribution < 1.29 is 9.59 Å². The highest BCUT2D eigenvalue weighted by molar-refractivity contribution is 5.73. The lowest BCUT2D eigenvalue weighted by Crippen LogP contribution is -2.64. The molecule has 0 N–H and O–H groups in total. The lowest BCUT2D eigenvalue weighted by Gasteiger charge is -2.54. The fourth-order valence-electron chi connectivity index (χ4n) is 7.17. The number of piperidine rings is 2. The molecular weight excluding hydrogens is 536 g/mol. The lowest BCUT2D eigenvalue weighted by atomic mass is 9.81. The topological polar surface area (TPSA) is 134 Å². The summed E-state index contributed by atoms with van der Waals surface area (Å²) in [7, 11) is 0. The Hall–Kier alpha value is -3.00. The first-order valence-electron chi connectivity index (χ1n) is 15.3. The van der Waals surface area contributed by atoms with Crippen molar-refractivity contribution in [3.8, 4) is 0 Å². The number of carbonyl (C=O) groups is 2. The van der Waals surface area contributed by atoms with Gasteiger partial charge in [-0.1, -0.05) is 0 Å². The molecule has 2 aromatic rings. The van der Waals surface area contributed by atoms with Crippen LogP contribution in [0.4, 0.5) is 0 Å². The second kappa shape index (κ2) is 10.9. The third kappa shape index (κ3) is 5.31. The summed E-state index contributed by atoms with van der Waals surface area (Å²) in [6, 6.07) is 0. The molecule has 3 aliphatic heterocycles. The van der Waals surface area contributed by atoms with Crippen molar-refractivity contribution in [1.29, 1.82) is 0 Å². The third-order valence-electron chi connectivity index (χ3n) is 9.60. The van der Waals surface area contributed by atoms with Gasteiger partial charge in [-0.15, -0.1) is 10.2 Å². The number of carbonyl (C=O) groups excluding carboxylic acids is 2. The molecule has 3 aliphatic rings. The number of nitrogens with zero attached hydrogens (tertiary/aromatic N) is 12. The van der Waals surface area contributed by atoms with Crippen LogP contribution >= 0.6 is 0 Å². The fraction of sp³-hybridized carbons (Fsp3) is 0.857. The van der Waals surface area contributed by atoms with E-state index in [1.165, 1.54) is 0 Å². The van der Waals surface area contributed by atoms with Gasteiger partial charge in [-0.05, 0) is 88.1 Å². The molecule has 0 spiro atoms. The van der Waals surface area contributed by atoms with Gasteiger partial charge in [-0.3, -0.25) is 19.4 Å². The van der Waals surface area contributed by atoms with Crippen molar-refractivity contribution in [2.24, 2.45) is 0 Å². The van der Waals surface area contributed by atoms with E-state index in [2.05, 4.69) is 82.4 Å². The predicted octanol–water partition coefficient (Wildman–Crippen LogP) is 1.16. The van der Waals surface area contributed by atoms with Crippen LogP contribution in [0.25, 0.3) is 0 Å². The SMILES string of the molecule is CC(=O)N1CCC(c2nnnn2C(C)(C)C)(N2CCN(C3(c4nnnn4C(C)(C)C)CCN(C(C)=O)CC3)CC2)CC1. The van der Waals surface area contributed by atoms with E-state index in [4.69, 9.17) is 0 Å². The van der Waals surface area contributed by atoms with Gasteiger partial charge in [-0.25, -0.2) is 9.36 Å². The summed E-state index contributed by atoms with van der Waals surface area (Å²) >= 11 is 0. The first kappa shape index (κ1) is 30.5. The van der Waals surface area contributed by atoms with Crippen LogP contribution in [0, 0.1) is 0 Å². The number of likely N-dealkylation sites (tertiary alicyclic amines) is 2. The number of amides is 2. The molecule has 0 radical (unpaired) electrons. The van der Waals surface area contributed by atoms with Gasteiger partial charge in [0.15, 0.2) is 11.6 Å². The Morgan fingerprint density at radius 3 is 1.14 bits per heavy atom. The van der Waals surface area contributed by atoms with Crippen LogP contribution in [0.2, 0.25) is 0 Å². The standard InChI is InChI=1S/C28H48N12O2/c1-21(41)35-13-9-27(10-14-35,23-29-31-33-39(23)25(3,4)5)37-17-19-38(20-18-37)28(11-15-36(16-12-28)22(2)42)24-30-32-34-40(24)26(6,7)8/h9-20H2,1-8H3. The highest BCUT2D eigenvalue weighted by Crippen LogP contribution is 2.43. The van der Waals surface area contributed by atoms with Gasteiger partial charge in [0.2, 0.25) is 11.8 Å². The molecule has 3 fully saturated rings. The van der Waals surface area contributed by atoms with Gasteiger partial charge in [0.25, 0.3) is 0 Å². The highest BCUT2D eigenvalue weighted by atomic mass is 16.2. The molecule has 14 nitrogen and oxygen atoms in total. The zero-order valence-corrected chi connectivity index (χ0v) is 26.7. The number of hydrogen-bond donors (Lipinski definition) is 0. The van der Waals surface area contributed by atoms with E-state index in [0.717, 1.165) is 63.5 Å². The van der Waals surface area contributed by atoms with Gasteiger partial charge in [0, 0.05) is 66.2 Å². The van der Waals surface area contributed by atoms with E-state index in [-0.39, 0.29) is 34.0 Å². The van der Waals surface area contributed by atoms with Crippen LogP contribution in [0.5, 0.6) is 0 Å². The van der Waals surface area contributed by atoms with E-state index >= 15 is 0 Å². The number of aromatic nitrogens is 8. The summed E-state index contributed by atoms with van der Waals surface area (Å²) in [4.78, 5) is 33.5. The lowest BCUT2D eigenvalue weighted by molar-refractivity contribution is -0.135. The van der Waals surface area contributed by atoms with Crippen LogP contribution < -0.4 is 0 Å². The smallest absolute Gasteiger partial charge is 0.219 e. The van der Waals surface area contributed by atoms with E-state index in [9.17, 15) is 9.59 Å². The quantitative estimate of drug-likeness (QED) is 0.515. The molecule has 0 aliphatic carbocycles. The normalized spacial score (nSPS) is 22.4. The van der Waals surface area contributed by atoms with Gasteiger partial charge < -0.3 is 9.80 Å². The second-order valence-corrected chi connectivity index (χ2v) is 14.2. The summed E-state index contributed by atoms with van der Waals surface area (Å²) in [6.07, 6.45) is 3.13. The summed E-state index contributed by atoms with van der Waals surface area (Å²) in [5.41, 5.74) is -1.28. The van der Waals surface area contributed by atoms with Crippen LogP contribution in [0.3, 0.4) is 0 Å². The average molecular weight is 585 g/mol. The largest absolute Gasteiger partial charge is 0.343 e. The summed E-state index contributed by atoms with van der Waals surface area (Å²) in [5, 5.41) is 26.4. The monoisotopic (exact) mass is 584 g/mol. The molecule has 0 aromatic carbocycles. The molecule has 0 unspecified atom stereocenters. The summed E-state index contributed by atoms with van der Waals surface area (Å²) < 4.78 is 3.94. The number of rotatable bonds is 4. The zero-order chi connectivity index (χ0) is 30.5. The van der Waals surface area contributed by atoms with Crippen molar-refractivity contribution in [2.75, 3.05) is 52.4 Å². The predicted molar refractivity (Wildman–Crippen MR) is 155 cm³/mol. The summed E-state index contributed by atoms with van der Waals surface area (Å²) in [6.45, 7) is 22.1. The van der Waals surface area contributed by atoms with E-state index in [1.54, 1.807) is 13.8 Å². The molecule has 2 amide bonds. The Bertz CT molecular complexity index is 1170. The second-order valence-electron chi connectivity index (χ2n) is 14.2.